The van der Waals surface area contributed by atoms with Gasteiger partial charge in [-0.2, -0.15) is 4.31 Å². The predicted octanol–water partition coefficient (Wildman–Crippen LogP) is 3.19. The van der Waals surface area contributed by atoms with Gasteiger partial charge in [-0.1, -0.05) is 18.5 Å². The van der Waals surface area contributed by atoms with Crippen molar-refractivity contribution in [1.82, 2.24) is 4.31 Å². The summed E-state index contributed by atoms with van der Waals surface area (Å²) >= 11 is 7.26. The van der Waals surface area contributed by atoms with Crippen molar-refractivity contribution in [2.24, 2.45) is 0 Å². The molecule has 1 aromatic carbocycles. The molecule has 0 radical (unpaired) electrons. The number of rotatable bonds is 5. The molecule has 2 N–H and O–H groups in total. The number of nitrogen functional groups attached to an aromatic ring is 1. The van der Waals surface area contributed by atoms with Crippen LogP contribution in [0.2, 0.25) is 4.34 Å². The van der Waals surface area contributed by atoms with Crippen LogP contribution in [0.4, 0.5) is 5.69 Å². The van der Waals surface area contributed by atoms with Crippen molar-refractivity contribution in [2.45, 2.75) is 18.4 Å². The Bertz CT molecular complexity index is 681. The lowest BCUT2D eigenvalue weighted by Gasteiger charge is -2.19. The van der Waals surface area contributed by atoms with E-state index in [1.54, 1.807) is 18.2 Å². The van der Waals surface area contributed by atoms with E-state index in [0.29, 0.717) is 23.1 Å². The van der Waals surface area contributed by atoms with E-state index in [4.69, 9.17) is 17.3 Å². The monoisotopic (exact) mass is 330 g/mol. The van der Waals surface area contributed by atoms with E-state index in [1.807, 2.05) is 13.0 Å². The number of nitrogens with two attached hydrogens (primary N) is 1. The highest BCUT2D eigenvalue weighted by Gasteiger charge is 2.23. The van der Waals surface area contributed by atoms with Crippen LogP contribution in [-0.2, 0) is 16.6 Å². The molecule has 20 heavy (non-hydrogen) atoms. The third-order valence-electron chi connectivity index (χ3n) is 2.83. The Labute approximate surface area is 127 Å². The molecule has 0 spiro atoms. The first-order valence-electron chi connectivity index (χ1n) is 6.03. The SMILES string of the molecule is CCN(Cc1ccc(Cl)s1)S(=O)(=O)c1ccc(N)cc1. The van der Waals surface area contributed by atoms with Gasteiger partial charge in [0, 0.05) is 23.7 Å². The van der Waals surface area contributed by atoms with E-state index in [2.05, 4.69) is 0 Å². The van der Waals surface area contributed by atoms with Crippen LogP contribution in [-0.4, -0.2) is 19.3 Å². The summed E-state index contributed by atoms with van der Waals surface area (Å²) in [5.74, 6) is 0. The first-order valence-corrected chi connectivity index (χ1v) is 8.67. The first kappa shape index (κ1) is 15.3. The topological polar surface area (TPSA) is 63.4 Å². The van der Waals surface area contributed by atoms with Crippen LogP contribution in [0.3, 0.4) is 0 Å². The van der Waals surface area contributed by atoms with Crippen LogP contribution in [0.15, 0.2) is 41.3 Å². The van der Waals surface area contributed by atoms with Crippen LogP contribution in [0, 0.1) is 0 Å². The van der Waals surface area contributed by atoms with Crippen molar-refractivity contribution in [3.63, 3.8) is 0 Å². The highest BCUT2D eigenvalue weighted by Crippen LogP contribution is 2.25. The Balaban J connectivity index is 2.27. The zero-order chi connectivity index (χ0) is 14.8. The summed E-state index contributed by atoms with van der Waals surface area (Å²) < 4.78 is 27.2. The standard InChI is InChI=1S/C13H15ClN2O2S2/c1-2-16(9-11-5-8-13(14)19-11)20(17,18)12-6-3-10(15)4-7-12/h3-8H,2,9,15H2,1H3. The minimum Gasteiger partial charge on any atom is -0.399 e. The molecule has 2 aromatic rings. The van der Waals surface area contributed by atoms with E-state index >= 15 is 0 Å². The number of thiophene rings is 1. The number of sulfonamides is 1. The number of halogens is 1. The van der Waals surface area contributed by atoms with Gasteiger partial charge in [0.1, 0.15) is 0 Å². The molecule has 0 atom stereocenters. The minimum atomic E-state index is -3.52. The molecule has 0 unspecified atom stereocenters. The van der Waals surface area contributed by atoms with Crippen LogP contribution < -0.4 is 5.73 Å². The molecule has 0 saturated carbocycles. The largest absolute Gasteiger partial charge is 0.399 e. The van der Waals surface area contributed by atoms with Gasteiger partial charge < -0.3 is 5.73 Å². The van der Waals surface area contributed by atoms with Crippen LogP contribution in [0.25, 0.3) is 0 Å². The second-order valence-corrected chi connectivity index (χ2v) is 7.94. The smallest absolute Gasteiger partial charge is 0.243 e. The fraction of sp³-hybridized carbons (Fsp3) is 0.231. The summed E-state index contributed by atoms with van der Waals surface area (Å²) in [5, 5.41) is 0. The average Bonchev–Trinajstić information content (AvgIpc) is 2.82. The third kappa shape index (κ3) is 3.32. The third-order valence-corrected chi connectivity index (χ3v) is 5.98. The zero-order valence-electron chi connectivity index (χ0n) is 10.9. The summed E-state index contributed by atoms with van der Waals surface area (Å²) in [7, 11) is -3.52. The number of hydrogen-bond donors (Lipinski definition) is 1. The Hall–Kier alpha value is -1.08. The molecule has 0 aliphatic carbocycles. The minimum absolute atomic E-state index is 0.246. The highest BCUT2D eigenvalue weighted by atomic mass is 35.5. The van der Waals surface area contributed by atoms with Gasteiger partial charge in [-0.05, 0) is 36.4 Å². The fourth-order valence-electron chi connectivity index (χ4n) is 1.77. The van der Waals surface area contributed by atoms with Crippen molar-refractivity contribution in [2.75, 3.05) is 12.3 Å². The van der Waals surface area contributed by atoms with Crippen molar-refractivity contribution >= 4 is 38.6 Å². The van der Waals surface area contributed by atoms with Gasteiger partial charge in [-0.15, -0.1) is 11.3 Å². The quantitative estimate of drug-likeness (QED) is 0.856. The maximum absolute atomic E-state index is 12.5. The van der Waals surface area contributed by atoms with Crippen LogP contribution >= 0.6 is 22.9 Å². The predicted molar refractivity (Wildman–Crippen MR) is 83.5 cm³/mol. The summed E-state index contributed by atoms with van der Waals surface area (Å²) in [6.07, 6.45) is 0. The summed E-state index contributed by atoms with van der Waals surface area (Å²) in [5.41, 5.74) is 6.12. The average molecular weight is 331 g/mol. The van der Waals surface area contributed by atoms with Crippen molar-refractivity contribution in [3.8, 4) is 0 Å². The van der Waals surface area contributed by atoms with E-state index in [9.17, 15) is 8.42 Å². The summed E-state index contributed by atoms with van der Waals surface area (Å²) in [4.78, 5) is 1.16. The maximum Gasteiger partial charge on any atom is 0.243 e. The van der Waals surface area contributed by atoms with Gasteiger partial charge >= 0.3 is 0 Å². The molecule has 0 aliphatic heterocycles. The van der Waals surface area contributed by atoms with Crippen LogP contribution in [0.1, 0.15) is 11.8 Å². The molecule has 1 aromatic heterocycles. The molecule has 0 amide bonds. The highest BCUT2D eigenvalue weighted by molar-refractivity contribution is 7.89. The van der Waals surface area contributed by atoms with E-state index < -0.39 is 10.0 Å². The Morgan fingerprint density at radius 1 is 1.20 bits per heavy atom. The second kappa shape index (κ2) is 6.13. The molecule has 0 saturated heterocycles. The Morgan fingerprint density at radius 3 is 2.35 bits per heavy atom. The lowest BCUT2D eigenvalue weighted by molar-refractivity contribution is 0.426. The molecule has 0 aliphatic rings. The molecule has 2 rings (SSSR count). The summed E-state index contributed by atoms with van der Waals surface area (Å²) in [6.45, 7) is 2.52. The van der Waals surface area contributed by atoms with E-state index in [1.165, 1.54) is 27.8 Å². The molecule has 7 heteroatoms. The number of benzene rings is 1. The fourth-order valence-corrected chi connectivity index (χ4v) is 4.38. The lowest BCUT2D eigenvalue weighted by atomic mass is 10.3. The number of hydrogen-bond acceptors (Lipinski definition) is 4. The molecule has 0 fully saturated rings. The molecular formula is C13H15ClN2O2S2. The van der Waals surface area contributed by atoms with Gasteiger partial charge in [0.15, 0.2) is 0 Å². The lowest BCUT2D eigenvalue weighted by Crippen LogP contribution is -2.30. The van der Waals surface area contributed by atoms with Crippen molar-refractivity contribution in [3.05, 3.63) is 45.6 Å². The molecule has 1 heterocycles. The zero-order valence-corrected chi connectivity index (χ0v) is 13.3. The molecule has 108 valence electrons. The second-order valence-electron chi connectivity index (χ2n) is 4.21. The van der Waals surface area contributed by atoms with Gasteiger partial charge in [0.2, 0.25) is 10.0 Å². The van der Waals surface area contributed by atoms with Crippen LogP contribution in [0.5, 0.6) is 0 Å². The number of nitrogens with zero attached hydrogens (tertiary/aromatic N) is 1. The maximum atomic E-state index is 12.5. The molecule has 4 nitrogen and oxygen atoms in total. The van der Waals surface area contributed by atoms with E-state index in [0.717, 1.165) is 4.88 Å². The van der Waals surface area contributed by atoms with Gasteiger partial charge in [0.25, 0.3) is 0 Å². The Morgan fingerprint density at radius 2 is 1.85 bits per heavy atom. The van der Waals surface area contributed by atoms with Crippen molar-refractivity contribution < 1.29 is 8.42 Å². The van der Waals surface area contributed by atoms with Gasteiger partial charge in [-0.25, -0.2) is 8.42 Å². The molecule has 0 bridgehead atoms. The Kier molecular flexibility index (Phi) is 4.70. The normalized spacial score (nSPS) is 11.9. The van der Waals surface area contributed by atoms with E-state index in [-0.39, 0.29) is 4.90 Å². The first-order chi connectivity index (χ1) is 9.43. The summed E-state index contributed by atoms with van der Waals surface area (Å²) in [6, 6.07) is 9.83. The van der Waals surface area contributed by atoms with Crippen molar-refractivity contribution in [1.29, 1.82) is 0 Å². The molecular weight excluding hydrogens is 316 g/mol. The van der Waals surface area contributed by atoms with Gasteiger partial charge in [-0.3, -0.25) is 0 Å². The number of anilines is 1. The van der Waals surface area contributed by atoms with Gasteiger partial charge in [0.05, 0.1) is 9.23 Å².